The van der Waals surface area contributed by atoms with Crippen molar-refractivity contribution in [1.29, 1.82) is 5.26 Å². The predicted molar refractivity (Wildman–Crippen MR) is 101 cm³/mol. The first-order valence-corrected chi connectivity index (χ1v) is 8.83. The van der Waals surface area contributed by atoms with Gasteiger partial charge in [0, 0.05) is 23.7 Å². The number of benzene rings is 1. The topological polar surface area (TPSA) is 72.8 Å². The van der Waals surface area contributed by atoms with Gasteiger partial charge in [-0.1, -0.05) is 19.1 Å². The number of nitrogens with zero attached hydrogens (tertiary/aromatic N) is 3. The standard InChI is InChI=1S/C21H20N4O/c1-4-10-25-20(26)15-8-9-17(24-19(15)21(25,2)3)16-12-23-18-13(11-22)6-5-7-14(16)18/h5-9,12,23H,4,10H2,1-3H3. The predicted octanol–water partition coefficient (Wildman–Crippen LogP) is 4.20. The van der Waals surface area contributed by atoms with E-state index in [2.05, 4.69) is 18.0 Å². The summed E-state index contributed by atoms with van der Waals surface area (Å²) in [6, 6.07) is 11.6. The van der Waals surface area contributed by atoms with Crippen molar-refractivity contribution in [3.8, 4) is 17.3 Å². The van der Waals surface area contributed by atoms with Gasteiger partial charge < -0.3 is 9.88 Å². The summed E-state index contributed by atoms with van der Waals surface area (Å²) in [6.07, 6.45) is 2.79. The van der Waals surface area contributed by atoms with E-state index in [-0.39, 0.29) is 5.91 Å². The molecule has 26 heavy (non-hydrogen) atoms. The number of aromatic amines is 1. The van der Waals surface area contributed by atoms with Gasteiger partial charge in [0.2, 0.25) is 0 Å². The molecule has 0 unspecified atom stereocenters. The molecule has 4 rings (SSSR count). The van der Waals surface area contributed by atoms with Crippen LogP contribution in [0.4, 0.5) is 0 Å². The second-order valence-corrected chi connectivity index (χ2v) is 7.15. The van der Waals surface area contributed by atoms with E-state index >= 15 is 0 Å². The first-order valence-electron chi connectivity index (χ1n) is 8.83. The molecule has 1 N–H and O–H groups in total. The number of fused-ring (bicyclic) bond motifs is 2. The van der Waals surface area contributed by atoms with Crippen LogP contribution >= 0.6 is 0 Å². The molecular weight excluding hydrogens is 324 g/mol. The van der Waals surface area contributed by atoms with E-state index < -0.39 is 5.54 Å². The minimum Gasteiger partial charge on any atom is -0.359 e. The van der Waals surface area contributed by atoms with Gasteiger partial charge in [0.05, 0.1) is 33.6 Å². The molecule has 0 atom stereocenters. The van der Waals surface area contributed by atoms with Gasteiger partial charge in [-0.25, -0.2) is 4.98 Å². The summed E-state index contributed by atoms with van der Waals surface area (Å²) in [5.41, 5.74) is 4.25. The minimum absolute atomic E-state index is 0.0524. The number of H-pyrrole nitrogens is 1. The molecule has 2 aromatic heterocycles. The number of nitriles is 1. The van der Waals surface area contributed by atoms with Gasteiger partial charge in [0.25, 0.3) is 5.91 Å². The summed E-state index contributed by atoms with van der Waals surface area (Å²) in [7, 11) is 0. The van der Waals surface area contributed by atoms with Gasteiger partial charge in [-0.05, 0) is 38.5 Å². The molecule has 0 bridgehead atoms. The number of hydrogen-bond donors (Lipinski definition) is 1. The quantitative estimate of drug-likeness (QED) is 0.774. The highest BCUT2D eigenvalue weighted by atomic mass is 16.2. The zero-order valence-electron chi connectivity index (χ0n) is 15.1. The van der Waals surface area contributed by atoms with Gasteiger partial charge in [-0.2, -0.15) is 5.26 Å². The largest absolute Gasteiger partial charge is 0.359 e. The van der Waals surface area contributed by atoms with Crippen LogP contribution in [0.1, 0.15) is 48.8 Å². The second-order valence-electron chi connectivity index (χ2n) is 7.15. The fourth-order valence-corrected chi connectivity index (χ4v) is 3.84. The van der Waals surface area contributed by atoms with Crippen molar-refractivity contribution in [3.63, 3.8) is 0 Å². The van der Waals surface area contributed by atoms with Crippen LogP contribution in [0.3, 0.4) is 0 Å². The smallest absolute Gasteiger partial charge is 0.256 e. The van der Waals surface area contributed by atoms with E-state index in [0.717, 1.165) is 40.8 Å². The first-order chi connectivity index (χ1) is 12.5. The molecular formula is C21H20N4O. The van der Waals surface area contributed by atoms with Crippen molar-refractivity contribution in [2.45, 2.75) is 32.7 Å². The molecule has 5 heteroatoms. The first kappa shape index (κ1) is 16.3. The summed E-state index contributed by atoms with van der Waals surface area (Å²) < 4.78 is 0. The summed E-state index contributed by atoms with van der Waals surface area (Å²) in [4.78, 5) is 22.7. The number of rotatable bonds is 3. The minimum atomic E-state index is -0.428. The third kappa shape index (κ3) is 2.15. The van der Waals surface area contributed by atoms with Crippen molar-refractivity contribution in [2.75, 3.05) is 6.54 Å². The van der Waals surface area contributed by atoms with Gasteiger partial charge in [-0.15, -0.1) is 0 Å². The fraction of sp³-hybridized carbons (Fsp3) is 0.286. The maximum absolute atomic E-state index is 12.7. The van der Waals surface area contributed by atoms with Crippen molar-refractivity contribution < 1.29 is 4.79 Å². The molecule has 0 saturated carbocycles. The van der Waals surface area contributed by atoms with E-state index in [4.69, 9.17) is 4.98 Å². The van der Waals surface area contributed by atoms with Crippen LogP contribution in [0.5, 0.6) is 0 Å². The monoisotopic (exact) mass is 344 g/mol. The van der Waals surface area contributed by atoms with Crippen LogP contribution in [-0.4, -0.2) is 27.3 Å². The Morgan fingerprint density at radius 1 is 1.23 bits per heavy atom. The van der Waals surface area contributed by atoms with Gasteiger partial charge in [0.1, 0.15) is 6.07 Å². The van der Waals surface area contributed by atoms with Crippen molar-refractivity contribution in [2.24, 2.45) is 0 Å². The van der Waals surface area contributed by atoms with Crippen LogP contribution in [0.15, 0.2) is 36.5 Å². The number of pyridine rings is 1. The normalized spacial score (nSPS) is 15.3. The van der Waals surface area contributed by atoms with Gasteiger partial charge in [0.15, 0.2) is 0 Å². The van der Waals surface area contributed by atoms with Crippen LogP contribution in [0, 0.1) is 11.3 Å². The van der Waals surface area contributed by atoms with Crippen LogP contribution in [-0.2, 0) is 5.54 Å². The van der Waals surface area contributed by atoms with Gasteiger partial charge >= 0.3 is 0 Å². The zero-order valence-corrected chi connectivity index (χ0v) is 15.1. The Kier molecular flexibility index (Phi) is 3.58. The number of para-hydroxylation sites is 1. The molecule has 3 aromatic rings. The maximum atomic E-state index is 12.7. The summed E-state index contributed by atoms with van der Waals surface area (Å²) >= 11 is 0. The molecule has 1 aromatic carbocycles. The Morgan fingerprint density at radius 3 is 2.77 bits per heavy atom. The highest BCUT2D eigenvalue weighted by Crippen LogP contribution is 2.39. The van der Waals surface area contributed by atoms with Crippen molar-refractivity contribution >= 4 is 16.8 Å². The lowest BCUT2D eigenvalue weighted by molar-refractivity contribution is 0.0615. The SMILES string of the molecule is CCCN1C(=O)c2ccc(-c3c[nH]c4c(C#N)cccc34)nc2C1(C)C. The van der Waals surface area contributed by atoms with E-state index in [9.17, 15) is 10.1 Å². The van der Waals surface area contributed by atoms with Gasteiger partial charge in [-0.3, -0.25) is 4.79 Å². The molecule has 3 heterocycles. The Bertz CT molecular complexity index is 1070. The van der Waals surface area contributed by atoms with Crippen LogP contribution in [0.2, 0.25) is 0 Å². The fourth-order valence-electron chi connectivity index (χ4n) is 3.84. The molecule has 1 aliphatic heterocycles. The van der Waals surface area contributed by atoms with Crippen molar-refractivity contribution in [1.82, 2.24) is 14.9 Å². The third-order valence-electron chi connectivity index (χ3n) is 5.18. The number of carbonyl (C=O) groups is 1. The average molecular weight is 344 g/mol. The lowest BCUT2D eigenvalue weighted by atomic mass is 9.98. The molecule has 1 amide bonds. The molecule has 0 spiro atoms. The van der Waals surface area contributed by atoms with Crippen LogP contribution < -0.4 is 0 Å². The molecule has 0 saturated heterocycles. The Balaban J connectivity index is 1.87. The Hall–Kier alpha value is -3.13. The highest BCUT2D eigenvalue weighted by Gasteiger charge is 2.43. The number of hydrogen-bond acceptors (Lipinski definition) is 3. The Morgan fingerprint density at radius 2 is 2.04 bits per heavy atom. The third-order valence-corrected chi connectivity index (χ3v) is 5.18. The number of carbonyl (C=O) groups excluding carboxylic acids is 1. The Labute approximate surface area is 152 Å². The molecule has 5 nitrogen and oxygen atoms in total. The van der Waals surface area contributed by atoms with Crippen molar-refractivity contribution in [3.05, 3.63) is 53.3 Å². The zero-order chi connectivity index (χ0) is 18.5. The second kappa shape index (κ2) is 5.70. The lowest BCUT2D eigenvalue weighted by Gasteiger charge is -2.31. The average Bonchev–Trinajstić information content (AvgIpc) is 3.15. The van der Waals surface area contributed by atoms with Crippen LogP contribution in [0.25, 0.3) is 22.2 Å². The number of nitrogens with one attached hydrogen (secondary N) is 1. The highest BCUT2D eigenvalue weighted by molar-refractivity contribution is 6.01. The summed E-state index contributed by atoms with van der Waals surface area (Å²) in [5, 5.41) is 10.3. The van der Waals surface area contributed by atoms with E-state index in [1.165, 1.54) is 0 Å². The molecule has 130 valence electrons. The molecule has 1 aliphatic rings. The lowest BCUT2D eigenvalue weighted by Crippen LogP contribution is -2.39. The number of aromatic nitrogens is 2. The van der Waals surface area contributed by atoms with E-state index in [1.54, 1.807) is 6.07 Å². The molecule has 0 aliphatic carbocycles. The van der Waals surface area contributed by atoms with E-state index in [0.29, 0.717) is 11.1 Å². The maximum Gasteiger partial charge on any atom is 0.256 e. The molecule has 0 radical (unpaired) electrons. The summed E-state index contributed by atoms with van der Waals surface area (Å²) in [6.45, 7) is 6.89. The number of amides is 1. The van der Waals surface area contributed by atoms with E-state index in [1.807, 2.05) is 49.2 Å². The molecule has 0 fully saturated rings. The summed E-state index contributed by atoms with van der Waals surface area (Å²) in [5.74, 6) is 0.0524.